The first-order chi connectivity index (χ1) is 4.57. The number of halogens is 1. The summed E-state index contributed by atoms with van der Waals surface area (Å²) < 4.78 is 1.27. The van der Waals surface area contributed by atoms with Crippen molar-refractivity contribution in [2.45, 2.75) is 40.2 Å². The van der Waals surface area contributed by atoms with Gasteiger partial charge in [-0.2, -0.15) is 0 Å². The van der Waals surface area contributed by atoms with Gasteiger partial charge in [-0.3, -0.25) is 0 Å². The second kappa shape index (κ2) is 4.78. The van der Waals surface area contributed by atoms with E-state index in [-0.39, 0.29) is 0 Å². The van der Waals surface area contributed by atoms with Crippen LogP contribution in [0.2, 0.25) is 0 Å². The molecule has 0 aromatic rings. The lowest BCUT2D eigenvalue weighted by atomic mass is 10.3. The lowest BCUT2D eigenvalue weighted by molar-refractivity contribution is 0.665. The highest BCUT2D eigenvalue weighted by Gasteiger charge is 1.96. The molecule has 0 aliphatic rings. The van der Waals surface area contributed by atoms with E-state index in [4.69, 9.17) is 0 Å². The van der Waals surface area contributed by atoms with Crippen LogP contribution in [0.4, 0.5) is 0 Å². The molecule has 1 nitrogen and oxygen atoms in total. The van der Waals surface area contributed by atoms with Gasteiger partial charge in [-0.1, -0.05) is 22.9 Å². The first-order valence-corrected chi connectivity index (χ1v) is 4.49. The SMILES string of the molecule is CC/C(Br)=C(\C)NC(C)C. The first-order valence-electron chi connectivity index (χ1n) is 3.69. The molecule has 0 aromatic carbocycles. The van der Waals surface area contributed by atoms with Crippen molar-refractivity contribution in [2.75, 3.05) is 0 Å². The van der Waals surface area contributed by atoms with E-state index in [0.717, 1.165) is 6.42 Å². The summed E-state index contributed by atoms with van der Waals surface area (Å²) in [5.41, 5.74) is 1.25. The van der Waals surface area contributed by atoms with E-state index >= 15 is 0 Å². The van der Waals surface area contributed by atoms with Gasteiger partial charge in [0.1, 0.15) is 0 Å². The monoisotopic (exact) mass is 205 g/mol. The molecule has 1 N–H and O–H groups in total. The Bertz CT molecular complexity index is 127. The molecule has 0 spiro atoms. The Morgan fingerprint density at radius 2 is 2.00 bits per heavy atom. The van der Waals surface area contributed by atoms with Crippen molar-refractivity contribution in [3.63, 3.8) is 0 Å². The average Bonchev–Trinajstić information content (AvgIpc) is 1.85. The number of hydrogen-bond donors (Lipinski definition) is 1. The first kappa shape index (κ1) is 10.0. The van der Waals surface area contributed by atoms with Crippen LogP contribution in [0.15, 0.2) is 10.2 Å². The van der Waals surface area contributed by atoms with Crippen molar-refractivity contribution in [3.05, 3.63) is 10.2 Å². The maximum Gasteiger partial charge on any atom is 0.0201 e. The van der Waals surface area contributed by atoms with Crippen molar-refractivity contribution in [1.29, 1.82) is 0 Å². The Hall–Kier alpha value is 0.0200. The molecule has 10 heavy (non-hydrogen) atoms. The van der Waals surface area contributed by atoms with Crippen LogP contribution in [0.25, 0.3) is 0 Å². The fourth-order valence-corrected chi connectivity index (χ4v) is 0.891. The van der Waals surface area contributed by atoms with Crippen molar-refractivity contribution in [3.8, 4) is 0 Å². The molecule has 0 saturated carbocycles. The van der Waals surface area contributed by atoms with E-state index in [1.54, 1.807) is 0 Å². The Kier molecular flexibility index (Phi) is 4.79. The second-order valence-electron chi connectivity index (χ2n) is 2.68. The van der Waals surface area contributed by atoms with Gasteiger partial charge in [-0.05, 0) is 27.2 Å². The molecule has 0 atom stereocenters. The van der Waals surface area contributed by atoms with Gasteiger partial charge in [0.15, 0.2) is 0 Å². The predicted molar refractivity (Wildman–Crippen MR) is 50.2 cm³/mol. The van der Waals surface area contributed by atoms with Crippen LogP contribution in [-0.4, -0.2) is 6.04 Å². The minimum absolute atomic E-state index is 0.527. The highest BCUT2D eigenvalue weighted by atomic mass is 79.9. The van der Waals surface area contributed by atoms with Crippen molar-refractivity contribution in [1.82, 2.24) is 5.32 Å². The molecule has 0 amide bonds. The molecule has 0 bridgehead atoms. The molecule has 0 saturated heterocycles. The molecular formula is C8H16BrN. The predicted octanol–water partition coefficient (Wildman–Crippen LogP) is 3.02. The molecule has 0 unspecified atom stereocenters. The maximum atomic E-state index is 3.49. The summed E-state index contributed by atoms with van der Waals surface area (Å²) in [5.74, 6) is 0. The summed E-state index contributed by atoms with van der Waals surface area (Å²) in [6.07, 6.45) is 1.06. The second-order valence-corrected chi connectivity index (χ2v) is 3.64. The number of allylic oxidation sites excluding steroid dienone is 2. The third-order valence-corrected chi connectivity index (χ3v) is 2.38. The standard InChI is InChI=1S/C8H16BrN/c1-5-8(9)7(4)10-6(2)3/h6,10H,5H2,1-4H3/b8-7-. The van der Waals surface area contributed by atoms with Crippen LogP contribution in [-0.2, 0) is 0 Å². The third-order valence-electron chi connectivity index (χ3n) is 1.22. The zero-order valence-electron chi connectivity index (χ0n) is 7.16. The Morgan fingerprint density at radius 1 is 1.50 bits per heavy atom. The van der Waals surface area contributed by atoms with Gasteiger partial charge in [-0.15, -0.1) is 0 Å². The van der Waals surface area contributed by atoms with Gasteiger partial charge in [0, 0.05) is 16.2 Å². The Labute approximate surface area is 72.0 Å². The van der Waals surface area contributed by atoms with Gasteiger partial charge in [0.2, 0.25) is 0 Å². The lowest BCUT2D eigenvalue weighted by Crippen LogP contribution is -2.20. The fraction of sp³-hybridized carbons (Fsp3) is 0.750. The molecular weight excluding hydrogens is 190 g/mol. The number of rotatable bonds is 3. The minimum atomic E-state index is 0.527. The van der Waals surface area contributed by atoms with Crippen molar-refractivity contribution in [2.24, 2.45) is 0 Å². The highest BCUT2D eigenvalue weighted by Crippen LogP contribution is 2.13. The van der Waals surface area contributed by atoms with Crippen LogP contribution in [0, 0.1) is 0 Å². The normalized spacial score (nSPS) is 13.4. The average molecular weight is 206 g/mol. The summed E-state index contributed by atoms with van der Waals surface area (Å²) in [4.78, 5) is 0. The van der Waals surface area contributed by atoms with Gasteiger partial charge in [0.05, 0.1) is 0 Å². The number of nitrogens with one attached hydrogen (secondary N) is 1. The summed E-state index contributed by atoms with van der Waals surface area (Å²) in [6.45, 7) is 8.50. The molecule has 0 heterocycles. The number of hydrogen-bond acceptors (Lipinski definition) is 1. The molecule has 60 valence electrons. The zero-order chi connectivity index (χ0) is 8.15. The largest absolute Gasteiger partial charge is 0.386 e. The van der Waals surface area contributed by atoms with E-state index in [0.29, 0.717) is 6.04 Å². The van der Waals surface area contributed by atoms with E-state index in [2.05, 4.69) is 48.9 Å². The molecule has 0 rings (SSSR count). The Morgan fingerprint density at radius 3 is 2.30 bits per heavy atom. The Balaban J connectivity index is 3.92. The smallest absolute Gasteiger partial charge is 0.0201 e. The molecule has 0 aliphatic carbocycles. The fourth-order valence-electron chi connectivity index (χ4n) is 0.776. The summed E-state index contributed by atoms with van der Waals surface area (Å²) in [5, 5.41) is 3.33. The summed E-state index contributed by atoms with van der Waals surface area (Å²) >= 11 is 3.49. The van der Waals surface area contributed by atoms with Gasteiger partial charge >= 0.3 is 0 Å². The quantitative estimate of drug-likeness (QED) is 0.748. The zero-order valence-corrected chi connectivity index (χ0v) is 8.75. The molecule has 0 radical (unpaired) electrons. The van der Waals surface area contributed by atoms with Gasteiger partial charge in [0.25, 0.3) is 0 Å². The topological polar surface area (TPSA) is 12.0 Å². The lowest BCUT2D eigenvalue weighted by Gasteiger charge is -2.11. The van der Waals surface area contributed by atoms with Crippen LogP contribution in [0.1, 0.15) is 34.1 Å². The summed E-state index contributed by atoms with van der Waals surface area (Å²) in [7, 11) is 0. The van der Waals surface area contributed by atoms with Crippen LogP contribution >= 0.6 is 15.9 Å². The van der Waals surface area contributed by atoms with Crippen LogP contribution in [0.5, 0.6) is 0 Å². The van der Waals surface area contributed by atoms with E-state index < -0.39 is 0 Å². The third kappa shape index (κ3) is 3.94. The van der Waals surface area contributed by atoms with E-state index in [9.17, 15) is 0 Å². The van der Waals surface area contributed by atoms with Crippen LogP contribution in [0.3, 0.4) is 0 Å². The van der Waals surface area contributed by atoms with Gasteiger partial charge in [-0.25, -0.2) is 0 Å². The maximum absolute atomic E-state index is 3.49. The molecule has 0 aliphatic heterocycles. The minimum Gasteiger partial charge on any atom is -0.386 e. The van der Waals surface area contributed by atoms with Crippen molar-refractivity contribution < 1.29 is 0 Å². The van der Waals surface area contributed by atoms with E-state index in [1.165, 1.54) is 10.2 Å². The highest BCUT2D eigenvalue weighted by molar-refractivity contribution is 9.11. The van der Waals surface area contributed by atoms with Gasteiger partial charge < -0.3 is 5.32 Å². The molecule has 2 heteroatoms. The molecule has 0 aromatic heterocycles. The molecule has 0 fully saturated rings. The van der Waals surface area contributed by atoms with Crippen LogP contribution < -0.4 is 5.32 Å². The van der Waals surface area contributed by atoms with Crippen molar-refractivity contribution >= 4 is 15.9 Å². The van der Waals surface area contributed by atoms with E-state index in [1.807, 2.05) is 0 Å². The summed E-state index contributed by atoms with van der Waals surface area (Å²) in [6, 6.07) is 0.527.